The lowest BCUT2D eigenvalue weighted by Gasteiger charge is -2.50. The van der Waals surface area contributed by atoms with Crippen LogP contribution in [-0.4, -0.2) is 87.7 Å². The van der Waals surface area contributed by atoms with Crippen molar-refractivity contribution in [2.24, 2.45) is 5.92 Å². The highest BCUT2D eigenvalue weighted by molar-refractivity contribution is 5.99. The summed E-state index contributed by atoms with van der Waals surface area (Å²) in [7, 11) is 0. The Kier molecular flexibility index (Phi) is 5.55. The summed E-state index contributed by atoms with van der Waals surface area (Å²) in [5.74, 6) is -1.47. The maximum absolute atomic E-state index is 12.7. The van der Waals surface area contributed by atoms with Crippen molar-refractivity contribution in [3.8, 4) is 0 Å². The number of carbonyl (C=O) groups excluding carboxylic acids is 4. The van der Waals surface area contributed by atoms with Crippen LogP contribution in [0.4, 0.5) is 0 Å². The fraction of sp³-hybridized carbons (Fsp3) is 0.789. The third-order valence-corrected chi connectivity index (χ3v) is 6.14. The average molecular weight is 379 g/mol. The van der Waals surface area contributed by atoms with E-state index in [1.54, 1.807) is 9.80 Å². The Balaban J connectivity index is 1.57. The van der Waals surface area contributed by atoms with Crippen molar-refractivity contribution in [3.63, 3.8) is 0 Å². The van der Waals surface area contributed by atoms with Crippen LogP contribution < -0.4 is 0 Å². The zero-order chi connectivity index (χ0) is 19.8. The standard InChI is InChI=1S/C19H29N3O5/c1-13(23)16(17(26)20-7-3-4-8-20)10-15(25)11-21-12-19(18(21)27)6-5-9-22(19)14(2)24/h13,16,23H,3-12H2,1-2H3/t13-,16+,19?/m1/s1. The van der Waals surface area contributed by atoms with Crippen LogP contribution in [0.3, 0.4) is 0 Å². The predicted octanol–water partition coefficient (Wildman–Crippen LogP) is -0.212. The molecule has 0 bridgehead atoms. The minimum absolute atomic E-state index is 0.0666. The molecule has 3 atom stereocenters. The summed E-state index contributed by atoms with van der Waals surface area (Å²) < 4.78 is 0. The normalized spacial score (nSPS) is 27.1. The number of rotatable bonds is 6. The van der Waals surface area contributed by atoms with Gasteiger partial charge in [0.25, 0.3) is 5.91 Å². The van der Waals surface area contributed by atoms with Crippen molar-refractivity contribution in [2.75, 3.05) is 32.7 Å². The molecule has 8 heteroatoms. The highest BCUT2D eigenvalue weighted by atomic mass is 16.3. The molecule has 1 spiro atoms. The van der Waals surface area contributed by atoms with Gasteiger partial charge >= 0.3 is 0 Å². The van der Waals surface area contributed by atoms with E-state index < -0.39 is 17.6 Å². The summed E-state index contributed by atoms with van der Waals surface area (Å²) in [5, 5.41) is 9.99. The van der Waals surface area contributed by atoms with Crippen molar-refractivity contribution in [2.45, 2.75) is 57.6 Å². The number of amides is 3. The third-order valence-electron chi connectivity index (χ3n) is 6.14. The van der Waals surface area contributed by atoms with Crippen LogP contribution in [0.1, 0.15) is 46.0 Å². The molecular formula is C19H29N3O5. The van der Waals surface area contributed by atoms with Gasteiger partial charge in [0.15, 0.2) is 5.78 Å². The van der Waals surface area contributed by atoms with E-state index in [1.165, 1.54) is 18.7 Å². The molecule has 0 aromatic rings. The van der Waals surface area contributed by atoms with Crippen LogP contribution in [-0.2, 0) is 19.2 Å². The number of carbonyl (C=O) groups is 4. The number of β-lactam (4-membered cyclic amide) rings is 1. The Hall–Kier alpha value is -1.96. The van der Waals surface area contributed by atoms with E-state index in [0.717, 1.165) is 19.3 Å². The second kappa shape index (κ2) is 7.58. The average Bonchev–Trinajstić information content (AvgIpc) is 3.29. The Morgan fingerprint density at radius 2 is 1.81 bits per heavy atom. The Morgan fingerprint density at radius 1 is 1.15 bits per heavy atom. The van der Waals surface area contributed by atoms with E-state index in [-0.39, 0.29) is 36.5 Å². The van der Waals surface area contributed by atoms with Gasteiger partial charge in [-0.25, -0.2) is 0 Å². The van der Waals surface area contributed by atoms with Crippen LogP contribution in [0.25, 0.3) is 0 Å². The molecule has 1 unspecified atom stereocenters. The fourth-order valence-corrected chi connectivity index (χ4v) is 4.67. The van der Waals surface area contributed by atoms with Gasteiger partial charge in [-0.1, -0.05) is 0 Å². The largest absolute Gasteiger partial charge is 0.393 e. The van der Waals surface area contributed by atoms with Crippen LogP contribution in [0.2, 0.25) is 0 Å². The van der Waals surface area contributed by atoms with Crippen LogP contribution >= 0.6 is 0 Å². The van der Waals surface area contributed by atoms with Crippen molar-refractivity contribution in [1.29, 1.82) is 0 Å². The molecule has 0 radical (unpaired) electrons. The van der Waals surface area contributed by atoms with Crippen LogP contribution in [0, 0.1) is 5.92 Å². The van der Waals surface area contributed by atoms with Gasteiger partial charge in [0.1, 0.15) is 5.54 Å². The lowest BCUT2D eigenvalue weighted by molar-refractivity contribution is -0.168. The van der Waals surface area contributed by atoms with E-state index in [0.29, 0.717) is 32.6 Å². The van der Waals surface area contributed by atoms with E-state index in [1.807, 2.05) is 0 Å². The molecular weight excluding hydrogens is 350 g/mol. The van der Waals surface area contributed by atoms with E-state index in [9.17, 15) is 24.3 Å². The summed E-state index contributed by atoms with van der Waals surface area (Å²) in [4.78, 5) is 54.3. The first kappa shape index (κ1) is 19.8. The summed E-state index contributed by atoms with van der Waals surface area (Å²) in [6.07, 6.45) is 2.34. The molecule has 27 heavy (non-hydrogen) atoms. The Bertz CT molecular complexity index is 643. The van der Waals surface area contributed by atoms with E-state index in [2.05, 4.69) is 0 Å². The number of likely N-dealkylation sites (tertiary alicyclic amines) is 3. The van der Waals surface area contributed by atoms with Gasteiger partial charge in [0.2, 0.25) is 11.8 Å². The second-order valence-corrected chi connectivity index (χ2v) is 8.09. The molecule has 3 saturated heterocycles. The summed E-state index contributed by atoms with van der Waals surface area (Å²) in [6.45, 7) is 5.22. The zero-order valence-corrected chi connectivity index (χ0v) is 16.1. The first-order chi connectivity index (χ1) is 12.8. The van der Waals surface area contributed by atoms with Crippen molar-refractivity contribution >= 4 is 23.5 Å². The Labute approximate surface area is 159 Å². The molecule has 0 saturated carbocycles. The monoisotopic (exact) mass is 379 g/mol. The number of Topliss-reactive ketones (excluding diaryl/α,β-unsaturated/α-hetero) is 1. The van der Waals surface area contributed by atoms with Gasteiger partial charge in [-0.15, -0.1) is 0 Å². The SMILES string of the molecule is CC(=O)N1CCCC12CN(CC(=O)C[C@H](C(=O)N1CCCC1)[C@@H](C)O)C2=O. The van der Waals surface area contributed by atoms with Gasteiger partial charge in [0.05, 0.1) is 25.1 Å². The van der Waals surface area contributed by atoms with E-state index in [4.69, 9.17) is 0 Å². The van der Waals surface area contributed by atoms with Gasteiger partial charge in [0, 0.05) is 33.0 Å². The van der Waals surface area contributed by atoms with Crippen LogP contribution in [0.5, 0.6) is 0 Å². The maximum Gasteiger partial charge on any atom is 0.250 e. The molecule has 3 heterocycles. The fourth-order valence-electron chi connectivity index (χ4n) is 4.67. The predicted molar refractivity (Wildman–Crippen MR) is 96.5 cm³/mol. The molecule has 0 aromatic carbocycles. The number of ketones is 1. The highest BCUT2D eigenvalue weighted by Gasteiger charge is 2.59. The molecule has 3 amide bonds. The molecule has 3 fully saturated rings. The van der Waals surface area contributed by atoms with Crippen molar-refractivity contribution in [3.05, 3.63) is 0 Å². The topological polar surface area (TPSA) is 98.2 Å². The molecule has 3 aliphatic rings. The van der Waals surface area contributed by atoms with Crippen molar-refractivity contribution < 1.29 is 24.3 Å². The summed E-state index contributed by atoms with van der Waals surface area (Å²) >= 11 is 0. The third kappa shape index (κ3) is 3.59. The minimum Gasteiger partial charge on any atom is -0.393 e. The summed E-state index contributed by atoms with van der Waals surface area (Å²) in [6, 6.07) is 0. The lowest BCUT2D eigenvalue weighted by Crippen LogP contribution is -2.73. The highest BCUT2D eigenvalue weighted by Crippen LogP contribution is 2.38. The number of aliphatic hydroxyl groups excluding tert-OH is 1. The zero-order valence-electron chi connectivity index (χ0n) is 16.1. The lowest BCUT2D eigenvalue weighted by atomic mass is 9.85. The molecule has 0 aromatic heterocycles. The quantitative estimate of drug-likeness (QED) is 0.644. The van der Waals surface area contributed by atoms with Crippen LogP contribution in [0.15, 0.2) is 0 Å². The van der Waals surface area contributed by atoms with Crippen molar-refractivity contribution in [1.82, 2.24) is 14.7 Å². The molecule has 3 aliphatic heterocycles. The van der Waals surface area contributed by atoms with E-state index >= 15 is 0 Å². The Morgan fingerprint density at radius 3 is 2.37 bits per heavy atom. The smallest absolute Gasteiger partial charge is 0.250 e. The van der Waals surface area contributed by atoms with Gasteiger partial charge in [-0.2, -0.15) is 0 Å². The first-order valence-corrected chi connectivity index (χ1v) is 9.82. The van der Waals surface area contributed by atoms with Gasteiger partial charge in [-0.3, -0.25) is 19.2 Å². The van der Waals surface area contributed by atoms with Gasteiger partial charge in [-0.05, 0) is 32.6 Å². The molecule has 1 N–H and O–H groups in total. The number of hydrogen-bond acceptors (Lipinski definition) is 5. The first-order valence-electron chi connectivity index (χ1n) is 9.82. The number of nitrogens with zero attached hydrogens (tertiary/aromatic N) is 3. The molecule has 8 nitrogen and oxygen atoms in total. The molecule has 3 rings (SSSR count). The molecule has 0 aliphatic carbocycles. The number of hydrogen-bond donors (Lipinski definition) is 1. The second-order valence-electron chi connectivity index (χ2n) is 8.09. The molecule has 150 valence electrons. The number of aliphatic hydroxyl groups is 1. The summed E-state index contributed by atoms with van der Waals surface area (Å²) in [5.41, 5.74) is -0.763. The maximum atomic E-state index is 12.7. The minimum atomic E-state index is -0.913. The van der Waals surface area contributed by atoms with Gasteiger partial charge < -0.3 is 19.8 Å².